The van der Waals surface area contributed by atoms with E-state index in [0.717, 1.165) is 0 Å². The Morgan fingerprint density at radius 2 is 0.809 bits per heavy atom. The van der Waals surface area contributed by atoms with Crippen LogP contribution in [-0.2, 0) is 0 Å². The molecule has 16 heteroatoms. The fourth-order valence-corrected chi connectivity index (χ4v) is 3.19. The van der Waals surface area contributed by atoms with Crippen LogP contribution >= 0.6 is 31.9 Å². The van der Waals surface area contributed by atoms with E-state index in [0.29, 0.717) is 92.8 Å². The molecule has 0 amide bonds. The van der Waals surface area contributed by atoms with Crippen LogP contribution in [0.5, 0.6) is 23.0 Å². The maximum atomic E-state index is 11.3. The molecule has 0 heterocycles. The first-order valence-corrected chi connectivity index (χ1v) is 15.5. The molecule has 12 nitrogen and oxygen atoms in total. The van der Waals surface area contributed by atoms with Crippen molar-refractivity contribution < 1.29 is 81.1 Å². The highest BCUT2D eigenvalue weighted by molar-refractivity contribution is 9.09. The predicted molar refractivity (Wildman–Crippen MR) is 181 cm³/mol. The van der Waals surface area contributed by atoms with Crippen LogP contribution in [0.3, 0.4) is 0 Å². The minimum absolute atomic E-state index is 0. The average molecular weight is 922 g/mol. The second kappa shape index (κ2) is 27.5. The smallest absolute Gasteiger partial charge is 0.223 e. The number of nitriles is 1. The number of quaternary nitrogens is 2. The molecule has 0 aliphatic rings. The molecule has 0 aromatic heterocycles. The zero-order valence-electron chi connectivity index (χ0n) is 28.5. The Morgan fingerprint density at radius 3 is 0.957 bits per heavy atom. The monoisotopic (exact) mass is 918 g/mol. The van der Waals surface area contributed by atoms with Crippen molar-refractivity contribution >= 4 is 57.0 Å². The van der Waals surface area contributed by atoms with Crippen molar-refractivity contribution in [2.45, 2.75) is 6.92 Å². The van der Waals surface area contributed by atoms with Crippen LogP contribution in [-0.4, -0.2) is 127 Å². The number of ether oxygens (including phenoxy) is 4. The van der Waals surface area contributed by atoms with E-state index in [4.69, 9.17) is 24.2 Å². The van der Waals surface area contributed by atoms with Crippen molar-refractivity contribution in [2.75, 3.05) is 87.9 Å². The van der Waals surface area contributed by atoms with Gasteiger partial charge in [-0.15, -0.1) is 0 Å². The average Bonchev–Trinajstić information content (AvgIpc) is 2.95. The van der Waals surface area contributed by atoms with Gasteiger partial charge in [0.15, 0.2) is 25.1 Å². The van der Waals surface area contributed by atoms with E-state index in [9.17, 15) is 19.2 Å². The van der Waals surface area contributed by atoms with Gasteiger partial charge in [-0.2, -0.15) is 5.26 Å². The lowest BCUT2D eigenvalue weighted by Gasteiger charge is -2.25. The van der Waals surface area contributed by atoms with E-state index in [1.165, 1.54) is 19.1 Å². The molecule has 47 heavy (non-hydrogen) atoms. The van der Waals surface area contributed by atoms with Crippen molar-refractivity contribution in [1.82, 2.24) is 4.90 Å². The Morgan fingerprint density at radius 1 is 0.617 bits per heavy atom. The van der Waals surface area contributed by atoms with Crippen molar-refractivity contribution in [1.29, 1.82) is 5.26 Å². The van der Waals surface area contributed by atoms with Crippen LogP contribution in [0.2, 0.25) is 0 Å². The fourth-order valence-electron chi connectivity index (χ4n) is 2.70. The summed E-state index contributed by atoms with van der Waals surface area (Å²) >= 11 is 6.16. The van der Waals surface area contributed by atoms with Gasteiger partial charge in [-0.05, 0) is 77.3 Å². The molecule has 266 valence electrons. The summed E-state index contributed by atoms with van der Waals surface area (Å²) in [6.07, 6.45) is 2.71. The largest absolute Gasteiger partial charge is 1.00 e. The second-order valence-electron chi connectivity index (χ2n) is 11.5. The summed E-state index contributed by atoms with van der Waals surface area (Å²) in [5.74, 6) is 1.47. The Labute approximate surface area is 316 Å². The van der Waals surface area contributed by atoms with E-state index in [1.54, 1.807) is 18.2 Å². The molecule has 2 aromatic carbocycles. The van der Waals surface area contributed by atoms with Crippen LogP contribution in [0.4, 0.5) is 0 Å². The third-order valence-electron chi connectivity index (χ3n) is 4.43. The van der Waals surface area contributed by atoms with E-state index in [-0.39, 0.29) is 45.0 Å². The van der Waals surface area contributed by atoms with Gasteiger partial charge in [0.25, 0.3) is 0 Å². The molecule has 0 aliphatic heterocycles. The third kappa shape index (κ3) is 24.4. The summed E-state index contributed by atoms with van der Waals surface area (Å²) in [4.78, 5) is 46.2. The summed E-state index contributed by atoms with van der Waals surface area (Å²) in [5.41, 5.74) is 1.89. The van der Waals surface area contributed by atoms with Crippen molar-refractivity contribution in [2.24, 2.45) is 0 Å². The summed E-state index contributed by atoms with van der Waals surface area (Å²) in [5, 5.41) is 7.32. The lowest BCUT2D eigenvalue weighted by molar-refractivity contribution is -0.886. The van der Waals surface area contributed by atoms with Crippen LogP contribution in [0.15, 0.2) is 24.3 Å². The van der Waals surface area contributed by atoms with Crippen LogP contribution in [0.25, 0.3) is 0 Å². The zero-order chi connectivity index (χ0) is 35.2. The maximum Gasteiger partial charge on any atom is 0.223 e. The summed E-state index contributed by atoms with van der Waals surface area (Å²) < 4.78 is 22.8. The molecule has 2 aromatic rings. The first-order chi connectivity index (χ1) is 21.0. The summed E-state index contributed by atoms with van der Waals surface area (Å²) in [7, 11) is 17.8. The highest BCUT2D eigenvalue weighted by Gasteiger charge is 2.17. The van der Waals surface area contributed by atoms with Gasteiger partial charge >= 0.3 is 0 Å². The van der Waals surface area contributed by atoms with Crippen LogP contribution in [0.1, 0.15) is 48.4 Å². The number of rotatable bonds is 14. The molecule has 0 radical (unpaired) electrons. The number of alkyl halides is 2. The van der Waals surface area contributed by atoms with Gasteiger partial charge in [0.05, 0.1) is 70.6 Å². The molecule has 2 rings (SSSR count). The molecule has 0 saturated carbocycles. The van der Waals surface area contributed by atoms with Gasteiger partial charge in [0.1, 0.15) is 34.0 Å². The lowest BCUT2D eigenvalue weighted by atomic mass is 10.1. The standard InChI is InChI=1S/C16H26N2O4.C10H8Br2O4.C3H9N.C2H3N.2BrH/c1-17(2,3)11-21-15-7-14(10-20)16(8-13(15)9-19)22-12-18(4,5)6;11-5-15-9-1-7(3-13)10(16-6-12)2-8(9)4-14;1-4(2)3;1-2-3;;/h7-10H,11-12H2,1-6H3;1-4H,5-6H2;1-3H3;1H3;2*1H/q+2;;;;;/p-2. The Balaban J connectivity index is -0.000000325. The Bertz CT molecular complexity index is 1170. The highest BCUT2D eigenvalue weighted by atomic mass is 79.9. The number of aldehydes is 4. The fraction of sp³-hybridized carbons (Fsp3) is 0.452. The SMILES string of the molecule is CC#N.CN(C)C.C[N+](C)(C)COc1cc(C=O)c(OC[N+](C)(C)C)cc1C=O.O=Cc1cc(OCBr)c(C=O)cc1OCBr.[Br-].[Br-]. The van der Waals surface area contributed by atoms with Crippen molar-refractivity contribution in [3.63, 3.8) is 0 Å². The van der Waals surface area contributed by atoms with Crippen LogP contribution in [0, 0.1) is 11.3 Å². The lowest BCUT2D eigenvalue weighted by Crippen LogP contribution is -3.00. The molecular weight excluding hydrogens is 876 g/mol. The van der Waals surface area contributed by atoms with Gasteiger partial charge in [-0.1, -0.05) is 0 Å². The van der Waals surface area contributed by atoms with Crippen molar-refractivity contribution in [3.8, 4) is 29.1 Å². The molecule has 0 spiro atoms. The topological polar surface area (TPSA) is 132 Å². The molecule has 0 fully saturated rings. The van der Waals surface area contributed by atoms with E-state index in [2.05, 4.69) is 31.9 Å². The van der Waals surface area contributed by atoms with Gasteiger partial charge in [-0.25, -0.2) is 0 Å². The molecule has 0 unspecified atom stereocenters. The number of hydrogen-bond acceptors (Lipinski definition) is 10. The molecule has 0 saturated heterocycles. The van der Waals surface area contributed by atoms with E-state index < -0.39 is 0 Å². The second-order valence-corrected chi connectivity index (χ2v) is 12.4. The first-order valence-electron chi connectivity index (χ1n) is 13.3. The number of benzene rings is 2. The number of halogens is 4. The minimum Gasteiger partial charge on any atom is -1.00 e. The summed E-state index contributed by atoms with van der Waals surface area (Å²) in [6, 6.07) is 7.79. The summed E-state index contributed by atoms with van der Waals surface area (Å²) in [6.45, 7) is 2.20. The van der Waals surface area contributed by atoms with Gasteiger partial charge in [-0.3, -0.25) is 28.1 Å². The predicted octanol–water partition coefficient (Wildman–Crippen LogP) is -1.11. The van der Waals surface area contributed by atoms with Gasteiger partial charge < -0.3 is 57.8 Å². The van der Waals surface area contributed by atoms with Crippen LogP contribution < -0.4 is 52.9 Å². The maximum absolute atomic E-state index is 11.3. The van der Waals surface area contributed by atoms with Gasteiger partial charge in [0.2, 0.25) is 13.5 Å². The Kier molecular flexibility index (Phi) is 30.2. The number of carbonyl (C=O) groups excluding carboxylic acids is 4. The first kappa shape index (κ1) is 51.4. The minimum atomic E-state index is 0. The van der Waals surface area contributed by atoms with E-state index in [1.807, 2.05) is 68.3 Å². The molecule has 0 bridgehead atoms. The van der Waals surface area contributed by atoms with Gasteiger partial charge in [0, 0.05) is 6.92 Å². The molecule has 0 aliphatic carbocycles. The number of hydrogen-bond donors (Lipinski definition) is 0. The highest BCUT2D eigenvalue weighted by Crippen LogP contribution is 2.29. The zero-order valence-corrected chi connectivity index (χ0v) is 34.9. The third-order valence-corrected chi connectivity index (χ3v) is 4.88. The van der Waals surface area contributed by atoms with Crippen molar-refractivity contribution in [3.05, 3.63) is 46.5 Å². The molecule has 0 N–H and O–H groups in total. The molecular formula is C31H46Br4N4O8. The number of carbonyl (C=O) groups is 4. The number of nitrogens with zero attached hydrogens (tertiary/aromatic N) is 4. The molecule has 0 atom stereocenters. The van der Waals surface area contributed by atoms with E-state index >= 15 is 0 Å². The quantitative estimate of drug-likeness (QED) is 0.0996. The Hall–Kier alpha value is -2.39. The normalized spacial score (nSPS) is 9.79.